The predicted octanol–water partition coefficient (Wildman–Crippen LogP) is 5.90. The fourth-order valence-corrected chi connectivity index (χ4v) is 4.55. The zero-order chi connectivity index (χ0) is 22.1. The van der Waals surface area contributed by atoms with Crippen molar-refractivity contribution in [1.29, 1.82) is 0 Å². The Morgan fingerprint density at radius 2 is 1.78 bits per heavy atom. The van der Waals surface area contributed by atoms with Crippen LogP contribution in [-0.4, -0.2) is 26.4 Å². The summed E-state index contributed by atoms with van der Waals surface area (Å²) in [6.45, 7) is 5.02. The molecule has 0 saturated heterocycles. The highest BCUT2D eigenvalue weighted by Crippen LogP contribution is 2.31. The number of para-hydroxylation sites is 1. The Labute approximate surface area is 189 Å². The van der Waals surface area contributed by atoms with Gasteiger partial charge >= 0.3 is 0 Å². The molecule has 0 bridgehead atoms. The summed E-state index contributed by atoms with van der Waals surface area (Å²) in [7, 11) is 0. The molecule has 6 nitrogen and oxygen atoms in total. The number of amides is 1. The average Bonchev–Trinajstić information content (AvgIpc) is 3.40. The molecule has 0 radical (unpaired) electrons. The highest BCUT2D eigenvalue weighted by atomic mass is 32.2. The van der Waals surface area contributed by atoms with Gasteiger partial charge < -0.3 is 14.3 Å². The number of benzene rings is 3. The van der Waals surface area contributed by atoms with Crippen LogP contribution in [0.1, 0.15) is 12.5 Å². The van der Waals surface area contributed by atoms with Gasteiger partial charge in [0.25, 0.3) is 5.22 Å². The summed E-state index contributed by atoms with van der Waals surface area (Å²) in [4.78, 5) is 12.6. The van der Waals surface area contributed by atoms with Gasteiger partial charge in [0, 0.05) is 39.6 Å². The molecule has 1 amide bonds. The van der Waals surface area contributed by atoms with Crippen molar-refractivity contribution in [3.05, 3.63) is 72.3 Å². The molecule has 0 aliphatic rings. The zero-order valence-corrected chi connectivity index (χ0v) is 18.6. The number of anilines is 1. The summed E-state index contributed by atoms with van der Waals surface area (Å²) in [6.07, 6.45) is 0. The molecule has 5 aromatic rings. The molecule has 160 valence electrons. The lowest BCUT2D eigenvalue weighted by molar-refractivity contribution is -0.113. The maximum atomic E-state index is 12.6. The minimum Gasteiger partial charge on any atom is -0.411 e. The van der Waals surface area contributed by atoms with Crippen LogP contribution in [0.4, 0.5) is 5.69 Å². The topological polar surface area (TPSA) is 73.0 Å². The van der Waals surface area contributed by atoms with Crippen molar-refractivity contribution < 1.29 is 9.21 Å². The van der Waals surface area contributed by atoms with Gasteiger partial charge in [-0.05, 0) is 49.7 Å². The molecule has 0 aliphatic heterocycles. The molecule has 1 N–H and O–H groups in total. The maximum absolute atomic E-state index is 12.6. The van der Waals surface area contributed by atoms with Gasteiger partial charge in [-0.3, -0.25) is 4.79 Å². The number of nitrogens with zero attached hydrogens (tertiary/aromatic N) is 3. The third-order valence-corrected chi connectivity index (χ3v) is 6.30. The van der Waals surface area contributed by atoms with E-state index in [4.69, 9.17) is 4.42 Å². The number of carbonyl (C=O) groups excluding carboxylic acids is 1. The number of aromatic nitrogens is 3. The highest BCUT2D eigenvalue weighted by molar-refractivity contribution is 7.99. The third kappa shape index (κ3) is 3.76. The number of aryl methyl sites for hydroxylation is 2. The normalized spacial score (nSPS) is 11.3. The van der Waals surface area contributed by atoms with Crippen LogP contribution >= 0.6 is 11.8 Å². The maximum Gasteiger partial charge on any atom is 0.277 e. The van der Waals surface area contributed by atoms with Crippen molar-refractivity contribution in [1.82, 2.24) is 14.8 Å². The lowest BCUT2D eigenvalue weighted by Gasteiger charge is -2.06. The molecule has 7 heteroatoms. The number of hydrogen-bond acceptors (Lipinski definition) is 5. The van der Waals surface area contributed by atoms with E-state index in [2.05, 4.69) is 51.3 Å². The number of rotatable bonds is 6. The second kappa shape index (κ2) is 8.51. The fourth-order valence-electron chi connectivity index (χ4n) is 3.99. The van der Waals surface area contributed by atoms with Crippen molar-refractivity contribution >= 4 is 45.2 Å². The number of carbonyl (C=O) groups is 1. The number of thioether (sulfide) groups is 1. The number of nitrogens with one attached hydrogen (secondary N) is 1. The standard InChI is InChI=1S/C25H22N4O2S/c1-3-29-21-11-7-6-10-19(21)20-14-17(12-13-22(20)29)26-23(30)15-32-25-28-27-24(31-25)18-9-5-4-8-16(18)2/h4-14H,3,15H2,1-2H3,(H,26,30). The largest absolute Gasteiger partial charge is 0.411 e. The van der Waals surface area contributed by atoms with Gasteiger partial charge in [-0.15, -0.1) is 10.2 Å². The van der Waals surface area contributed by atoms with Crippen molar-refractivity contribution in [3.63, 3.8) is 0 Å². The van der Waals surface area contributed by atoms with Gasteiger partial charge in [0.05, 0.1) is 5.75 Å². The van der Waals surface area contributed by atoms with E-state index < -0.39 is 0 Å². The van der Waals surface area contributed by atoms with E-state index in [1.807, 2.05) is 49.4 Å². The first-order chi connectivity index (χ1) is 15.6. The molecule has 32 heavy (non-hydrogen) atoms. The van der Waals surface area contributed by atoms with Gasteiger partial charge in [-0.25, -0.2) is 0 Å². The van der Waals surface area contributed by atoms with Gasteiger partial charge in [0.1, 0.15) is 0 Å². The monoisotopic (exact) mass is 442 g/mol. The van der Waals surface area contributed by atoms with Crippen LogP contribution in [0.25, 0.3) is 33.3 Å². The van der Waals surface area contributed by atoms with E-state index in [9.17, 15) is 4.79 Å². The van der Waals surface area contributed by atoms with Crippen LogP contribution in [0.15, 0.2) is 76.4 Å². The van der Waals surface area contributed by atoms with Gasteiger partial charge in [-0.2, -0.15) is 0 Å². The summed E-state index contributed by atoms with van der Waals surface area (Å²) < 4.78 is 8.02. The highest BCUT2D eigenvalue weighted by Gasteiger charge is 2.14. The molecule has 0 unspecified atom stereocenters. The number of hydrogen-bond donors (Lipinski definition) is 1. The second-order valence-electron chi connectivity index (χ2n) is 7.52. The summed E-state index contributed by atoms with van der Waals surface area (Å²) in [5, 5.41) is 13.9. The van der Waals surface area contributed by atoms with E-state index in [0.717, 1.165) is 34.3 Å². The molecule has 0 aliphatic carbocycles. The summed E-state index contributed by atoms with van der Waals surface area (Å²) in [5.74, 6) is 0.525. The van der Waals surface area contributed by atoms with E-state index in [1.165, 1.54) is 22.7 Å². The van der Waals surface area contributed by atoms with E-state index in [-0.39, 0.29) is 11.7 Å². The molecule has 0 fully saturated rings. The lowest BCUT2D eigenvalue weighted by Crippen LogP contribution is -2.13. The fraction of sp³-hybridized carbons (Fsp3) is 0.160. The first-order valence-electron chi connectivity index (χ1n) is 10.5. The first-order valence-corrected chi connectivity index (χ1v) is 11.5. The summed E-state index contributed by atoms with van der Waals surface area (Å²) >= 11 is 1.23. The zero-order valence-electron chi connectivity index (χ0n) is 17.8. The third-order valence-electron chi connectivity index (χ3n) is 5.48. The van der Waals surface area contributed by atoms with E-state index in [1.54, 1.807) is 0 Å². The molecule has 2 heterocycles. The summed E-state index contributed by atoms with van der Waals surface area (Å²) in [5.41, 5.74) is 5.09. The van der Waals surface area contributed by atoms with Crippen LogP contribution < -0.4 is 5.32 Å². The molecule has 0 spiro atoms. The molecule has 0 atom stereocenters. The molecule has 2 aromatic heterocycles. The molecular weight excluding hydrogens is 420 g/mol. The summed E-state index contributed by atoms with van der Waals surface area (Å²) in [6, 6.07) is 22.2. The van der Waals surface area contributed by atoms with Crippen molar-refractivity contribution in [2.75, 3.05) is 11.1 Å². The SMILES string of the molecule is CCn1c2ccccc2c2cc(NC(=O)CSc3nnc(-c4ccccc4C)o3)ccc21. The van der Waals surface area contributed by atoms with Gasteiger partial charge in [0.15, 0.2) is 0 Å². The van der Waals surface area contributed by atoms with Crippen LogP contribution in [0.2, 0.25) is 0 Å². The van der Waals surface area contributed by atoms with Crippen LogP contribution in [0, 0.1) is 6.92 Å². The Morgan fingerprint density at radius 1 is 1.00 bits per heavy atom. The molecule has 3 aromatic carbocycles. The Morgan fingerprint density at radius 3 is 2.62 bits per heavy atom. The van der Waals surface area contributed by atoms with E-state index in [0.29, 0.717) is 11.1 Å². The second-order valence-corrected chi connectivity index (χ2v) is 8.44. The smallest absolute Gasteiger partial charge is 0.277 e. The first kappa shape index (κ1) is 20.3. The molecular formula is C25H22N4O2S. The van der Waals surface area contributed by atoms with Crippen molar-refractivity contribution in [2.24, 2.45) is 0 Å². The van der Waals surface area contributed by atoms with Crippen molar-refractivity contribution in [3.8, 4) is 11.5 Å². The van der Waals surface area contributed by atoms with Crippen LogP contribution in [0.5, 0.6) is 0 Å². The molecule has 0 saturated carbocycles. The van der Waals surface area contributed by atoms with Gasteiger partial charge in [0.2, 0.25) is 11.8 Å². The quantitative estimate of drug-likeness (QED) is 0.331. The minimum absolute atomic E-state index is 0.121. The van der Waals surface area contributed by atoms with Crippen molar-refractivity contribution in [2.45, 2.75) is 25.6 Å². The Kier molecular flexibility index (Phi) is 5.41. The Bertz CT molecular complexity index is 1440. The minimum atomic E-state index is -0.121. The van der Waals surface area contributed by atoms with Crippen LogP contribution in [0.3, 0.4) is 0 Å². The number of fused-ring (bicyclic) bond motifs is 3. The Hall–Kier alpha value is -3.58. The van der Waals surface area contributed by atoms with Crippen LogP contribution in [-0.2, 0) is 11.3 Å². The average molecular weight is 443 g/mol. The van der Waals surface area contributed by atoms with Gasteiger partial charge in [-0.1, -0.05) is 48.2 Å². The lowest BCUT2D eigenvalue weighted by atomic mass is 10.1. The predicted molar refractivity (Wildman–Crippen MR) is 129 cm³/mol. The molecule has 5 rings (SSSR count). The van der Waals surface area contributed by atoms with E-state index >= 15 is 0 Å². The Balaban J connectivity index is 1.30.